The Morgan fingerprint density at radius 3 is 2.50 bits per heavy atom. The fourth-order valence-electron chi connectivity index (χ4n) is 2.58. The summed E-state index contributed by atoms with van der Waals surface area (Å²) >= 11 is 1.37. The number of hydrogen-bond donors (Lipinski definition) is 0. The number of hydrogen-bond acceptors (Lipinski definition) is 5. The highest BCUT2D eigenvalue weighted by Crippen LogP contribution is 2.18. The number of amides is 1. The van der Waals surface area contributed by atoms with Crippen LogP contribution in [0.15, 0.2) is 58.4 Å². The number of nitrogens with zero attached hydrogens (tertiary/aromatic N) is 2. The van der Waals surface area contributed by atoms with Gasteiger partial charge in [-0.1, -0.05) is 23.5 Å². The van der Waals surface area contributed by atoms with Crippen LogP contribution in [-0.4, -0.2) is 31.8 Å². The summed E-state index contributed by atoms with van der Waals surface area (Å²) in [5.41, 5.74) is 0.976. The highest BCUT2D eigenvalue weighted by Gasteiger charge is 2.19. The second-order valence-corrected chi connectivity index (χ2v) is 8.54. The average Bonchev–Trinajstić information content (AvgIpc) is 2.98. The molecule has 0 saturated heterocycles. The molecule has 0 radical (unpaired) electrons. The second kappa shape index (κ2) is 7.43. The fraction of sp³-hybridized carbons (Fsp3) is 0.222. The summed E-state index contributed by atoms with van der Waals surface area (Å²) in [6, 6.07) is 13.7. The van der Waals surface area contributed by atoms with Crippen LogP contribution in [0.5, 0.6) is 5.75 Å². The largest absolute Gasteiger partial charge is 0.497 e. The minimum absolute atomic E-state index is 0.0709. The molecule has 0 fully saturated rings. The molecule has 0 aliphatic heterocycles. The molecule has 1 amide bonds. The Balaban J connectivity index is 1.91. The van der Waals surface area contributed by atoms with E-state index in [2.05, 4.69) is 4.99 Å². The van der Waals surface area contributed by atoms with Crippen LogP contribution in [-0.2, 0) is 21.2 Å². The number of aryl methyl sites for hydroxylation is 1. The van der Waals surface area contributed by atoms with Crippen molar-refractivity contribution in [2.75, 3.05) is 12.9 Å². The number of ether oxygens (including phenoxy) is 1. The van der Waals surface area contributed by atoms with Gasteiger partial charge in [-0.15, -0.1) is 0 Å². The van der Waals surface area contributed by atoms with Gasteiger partial charge in [-0.25, -0.2) is 8.42 Å². The van der Waals surface area contributed by atoms with Gasteiger partial charge < -0.3 is 9.30 Å². The molecule has 0 atom stereocenters. The topological polar surface area (TPSA) is 77.7 Å². The van der Waals surface area contributed by atoms with Crippen LogP contribution < -0.4 is 9.54 Å². The second-order valence-electron chi connectivity index (χ2n) is 5.54. The van der Waals surface area contributed by atoms with Crippen molar-refractivity contribution in [3.63, 3.8) is 0 Å². The lowest BCUT2D eigenvalue weighted by molar-refractivity contribution is -0.115. The van der Waals surface area contributed by atoms with Gasteiger partial charge in [-0.2, -0.15) is 4.99 Å². The molecule has 3 rings (SSSR count). The molecule has 0 bridgehead atoms. The molecule has 0 N–H and O–H groups in total. The lowest BCUT2D eigenvalue weighted by Crippen LogP contribution is -2.20. The first-order valence-corrected chi connectivity index (χ1v) is 10.4. The summed E-state index contributed by atoms with van der Waals surface area (Å²) in [5.74, 6) is -0.805. The Labute approximate surface area is 155 Å². The van der Waals surface area contributed by atoms with E-state index in [0.29, 0.717) is 17.1 Å². The van der Waals surface area contributed by atoms with E-state index < -0.39 is 21.5 Å². The Morgan fingerprint density at radius 1 is 1.15 bits per heavy atom. The number of thiazole rings is 1. The Hall–Kier alpha value is -2.45. The molecule has 26 heavy (non-hydrogen) atoms. The molecule has 0 saturated carbocycles. The molecule has 1 aromatic heterocycles. The SMILES string of the molecule is CCn1c(=NC(=O)CS(=O)(=O)c2ccc(OC)cc2)sc2ccccc21. The molecule has 1 heterocycles. The minimum Gasteiger partial charge on any atom is -0.497 e. The molecule has 6 nitrogen and oxygen atoms in total. The molecule has 2 aromatic carbocycles. The third-order valence-corrected chi connectivity index (χ3v) is 6.53. The van der Waals surface area contributed by atoms with Gasteiger partial charge in [0.05, 0.1) is 22.2 Å². The summed E-state index contributed by atoms with van der Waals surface area (Å²) in [6.07, 6.45) is 0. The van der Waals surface area contributed by atoms with Gasteiger partial charge in [0.1, 0.15) is 11.5 Å². The first-order chi connectivity index (χ1) is 12.4. The number of carbonyl (C=O) groups is 1. The first-order valence-electron chi connectivity index (χ1n) is 7.97. The van der Waals surface area contributed by atoms with E-state index in [0.717, 1.165) is 10.2 Å². The van der Waals surface area contributed by atoms with Gasteiger partial charge in [0.15, 0.2) is 14.6 Å². The summed E-state index contributed by atoms with van der Waals surface area (Å²) < 4.78 is 32.8. The van der Waals surface area contributed by atoms with E-state index in [1.165, 1.54) is 30.6 Å². The van der Waals surface area contributed by atoms with E-state index in [9.17, 15) is 13.2 Å². The normalized spacial score (nSPS) is 12.5. The van der Waals surface area contributed by atoms with Crippen LogP contribution in [0.1, 0.15) is 6.92 Å². The third-order valence-electron chi connectivity index (χ3n) is 3.86. The number of rotatable bonds is 5. The van der Waals surface area contributed by atoms with Gasteiger partial charge >= 0.3 is 0 Å². The van der Waals surface area contributed by atoms with Gasteiger partial charge in [0.25, 0.3) is 5.91 Å². The van der Waals surface area contributed by atoms with Crippen LogP contribution in [0.3, 0.4) is 0 Å². The molecule has 3 aromatic rings. The van der Waals surface area contributed by atoms with Gasteiger partial charge in [0.2, 0.25) is 0 Å². The first kappa shape index (κ1) is 18.3. The molecule has 0 unspecified atom stereocenters. The molecule has 0 spiro atoms. The Bertz CT molecular complexity index is 1110. The van der Waals surface area contributed by atoms with E-state index >= 15 is 0 Å². The maximum Gasteiger partial charge on any atom is 0.263 e. The average molecular weight is 390 g/mol. The van der Waals surface area contributed by atoms with Gasteiger partial charge in [-0.05, 0) is 43.3 Å². The van der Waals surface area contributed by atoms with Crippen molar-refractivity contribution in [3.8, 4) is 5.75 Å². The predicted octanol–water partition coefficient (Wildman–Crippen LogP) is 2.63. The smallest absolute Gasteiger partial charge is 0.263 e. The summed E-state index contributed by atoms with van der Waals surface area (Å²) in [7, 11) is -2.26. The van der Waals surface area contributed by atoms with Crippen molar-refractivity contribution < 1.29 is 17.9 Å². The van der Waals surface area contributed by atoms with Crippen molar-refractivity contribution in [1.29, 1.82) is 0 Å². The van der Waals surface area contributed by atoms with Gasteiger partial charge in [-0.3, -0.25) is 4.79 Å². The van der Waals surface area contributed by atoms with E-state index in [4.69, 9.17) is 4.74 Å². The van der Waals surface area contributed by atoms with Crippen molar-refractivity contribution >= 4 is 37.3 Å². The van der Waals surface area contributed by atoms with Crippen molar-refractivity contribution in [2.24, 2.45) is 4.99 Å². The summed E-state index contributed by atoms with van der Waals surface area (Å²) in [6.45, 7) is 2.60. The van der Waals surface area contributed by atoms with E-state index in [1.54, 1.807) is 12.1 Å². The lowest BCUT2D eigenvalue weighted by Gasteiger charge is -2.04. The molecular weight excluding hydrogens is 372 g/mol. The maximum atomic E-state index is 12.4. The van der Waals surface area contributed by atoms with Crippen LogP contribution in [0.25, 0.3) is 10.2 Å². The minimum atomic E-state index is -3.76. The van der Waals surface area contributed by atoms with E-state index in [1.807, 2.05) is 35.8 Å². The van der Waals surface area contributed by atoms with Crippen molar-refractivity contribution in [1.82, 2.24) is 4.57 Å². The lowest BCUT2D eigenvalue weighted by atomic mass is 10.3. The standard InChI is InChI=1S/C18H18N2O4S2/c1-3-20-15-6-4-5-7-16(15)25-18(20)19-17(21)12-26(22,23)14-10-8-13(24-2)9-11-14/h4-11H,3,12H2,1-2H3. The number of sulfone groups is 1. The van der Waals surface area contributed by atoms with E-state index in [-0.39, 0.29) is 4.90 Å². The molecule has 136 valence electrons. The highest BCUT2D eigenvalue weighted by atomic mass is 32.2. The van der Waals surface area contributed by atoms with Crippen LogP contribution in [0.4, 0.5) is 0 Å². The molecule has 0 aliphatic carbocycles. The van der Waals surface area contributed by atoms with Crippen LogP contribution in [0, 0.1) is 0 Å². The molecule has 8 heteroatoms. The Morgan fingerprint density at radius 2 is 1.85 bits per heavy atom. The highest BCUT2D eigenvalue weighted by molar-refractivity contribution is 7.92. The number of benzene rings is 2. The maximum absolute atomic E-state index is 12.4. The third kappa shape index (κ3) is 3.71. The molecule has 0 aliphatic rings. The van der Waals surface area contributed by atoms with Crippen LogP contribution in [0.2, 0.25) is 0 Å². The number of carbonyl (C=O) groups excluding carboxylic acids is 1. The number of fused-ring (bicyclic) bond motifs is 1. The monoisotopic (exact) mass is 390 g/mol. The molecular formula is C18H18N2O4S2. The quantitative estimate of drug-likeness (QED) is 0.671. The number of para-hydroxylation sites is 1. The fourth-order valence-corrected chi connectivity index (χ4v) is 4.80. The zero-order valence-corrected chi connectivity index (χ0v) is 16.0. The predicted molar refractivity (Wildman–Crippen MR) is 101 cm³/mol. The van der Waals surface area contributed by atoms with Crippen molar-refractivity contribution in [2.45, 2.75) is 18.4 Å². The van der Waals surface area contributed by atoms with Crippen molar-refractivity contribution in [3.05, 3.63) is 53.3 Å². The zero-order valence-electron chi connectivity index (χ0n) is 14.4. The Kier molecular flexibility index (Phi) is 5.24. The zero-order chi connectivity index (χ0) is 18.7. The number of aromatic nitrogens is 1. The summed E-state index contributed by atoms with van der Waals surface area (Å²) in [4.78, 5) is 16.9. The van der Waals surface area contributed by atoms with Gasteiger partial charge in [0, 0.05) is 6.54 Å². The number of methoxy groups -OCH3 is 1. The summed E-state index contributed by atoms with van der Waals surface area (Å²) in [5, 5.41) is 0. The van der Waals surface area contributed by atoms with Crippen LogP contribution >= 0.6 is 11.3 Å².